The lowest BCUT2D eigenvalue weighted by Gasteiger charge is -2.40. The second-order valence-corrected chi connectivity index (χ2v) is 10.5. The highest BCUT2D eigenvalue weighted by Crippen LogP contribution is 2.46. The maximum absolute atomic E-state index is 15.1. The lowest BCUT2D eigenvalue weighted by atomic mass is 9.79. The van der Waals surface area contributed by atoms with E-state index < -0.39 is 17.8 Å². The molecule has 8 nitrogen and oxygen atoms in total. The van der Waals surface area contributed by atoms with Crippen LogP contribution in [0.5, 0.6) is 11.5 Å². The number of likely N-dealkylation sites (N-methyl/N-ethyl adjacent to an activating group) is 1. The monoisotopic (exact) mass is 560 g/mol. The van der Waals surface area contributed by atoms with Gasteiger partial charge in [-0.05, 0) is 29.3 Å². The van der Waals surface area contributed by atoms with Gasteiger partial charge in [-0.1, -0.05) is 48.5 Å². The highest BCUT2D eigenvalue weighted by atomic mass is 19.1. The summed E-state index contributed by atoms with van der Waals surface area (Å²) in [6.07, 6.45) is 0. The molecule has 0 aliphatic carbocycles. The Hall–Kier alpha value is -3.95. The number of ether oxygens (including phenoxy) is 2. The standard InChI is InChI=1S/C32H37FN4O4/c1-35-30(23-11-7-8-12-26(23)33)29(24-19-27(40-2)28(41-3)20-25(24)32(35)39)31(38)34-13-14-36-15-17-37(18-16-36)21-22-9-5-4-6-10-22/h4-12,19-20,29-30H,13-18,21H2,1-3H3,(H,34,38)/t29-,30-/m0/s1. The van der Waals surface area contributed by atoms with E-state index >= 15 is 4.39 Å². The van der Waals surface area contributed by atoms with Gasteiger partial charge in [0, 0.05) is 64.0 Å². The zero-order valence-electron chi connectivity index (χ0n) is 23.8. The van der Waals surface area contributed by atoms with Gasteiger partial charge in [0.25, 0.3) is 5.91 Å². The molecule has 1 N–H and O–H groups in total. The SMILES string of the molecule is COc1cc2c(cc1OC)[C@H](C(=O)NCCN1CCN(Cc3ccccc3)CC1)[C@H](c1ccccc1F)N(C)C2=O. The van der Waals surface area contributed by atoms with Crippen molar-refractivity contribution in [2.24, 2.45) is 0 Å². The van der Waals surface area contributed by atoms with Crippen LogP contribution in [-0.4, -0.2) is 87.0 Å². The quantitative estimate of drug-likeness (QED) is 0.431. The van der Waals surface area contributed by atoms with Crippen molar-refractivity contribution in [1.29, 1.82) is 0 Å². The van der Waals surface area contributed by atoms with Gasteiger partial charge in [0.05, 0.1) is 26.2 Å². The molecule has 3 aromatic rings. The normalized spacial score (nSPS) is 19.5. The van der Waals surface area contributed by atoms with E-state index in [9.17, 15) is 9.59 Å². The predicted molar refractivity (Wildman–Crippen MR) is 155 cm³/mol. The number of carbonyl (C=O) groups is 2. The molecular formula is C32H37FN4O4. The van der Waals surface area contributed by atoms with Crippen molar-refractivity contribution < 1.29 is 23.5 Å². The third kappa shape index (κ3) is 6.06. The Morgan fingerprint density at radius 3 is 2.22 bits per heavy atom. The van der Waals surface area contributed by atoms with Gasteiger partial charge in [-0.3, -0.25) is 19.4 Å². The van der Waals surface area contributed by atoms with E-state index in [0.717, 1.165) is 32.7 Å². The molecule has 0 radical (unpaired) electrons. The van der Waals surface area contributed by atoms with Gasteiger partial charge < -0.3 is 19.7 Å². The molecule has 9 heteroatoms. The summed E-state index contributed by atoms with van der Waals surface area (Å²) in [5.74, 6) is -1.09. The molecule has 2 aliphatic heterocycles. The lowest BCUT2D eigenvalue weighted by Crippen LogP contribution is -2.49. The summed E-state index contributed by atoms with van der Waals surface area (Å²) < 4.78 is 26.0. The minimum atomic E-state index is -0.841. The minimum absolute atomic E-state index is 0.270. The highest BCUT2D eigenvalue weighted by Gasteiger charge is 2.44. The Bertz CT molecular complexity index is 1380. The molecule has 0 bridgehead atoms. The molecule has 1 fully saturated rings. The second-order valence-electron chi connectivity index (χ2n) is 10.5. The molecular weight excluding hydrogens is 523 g/mol. The molecule has 1 saturated heterocycles. The first-order chi connectivity index (χ1) is 19.9. The van der Waals surface area contributed by atoms with E-state index in [1.165, 1.54) is 30.7 Å². The van der Waals surface area contributed by atoms with Crippen molar-refractivity contribution in [3.8, 4) is 11.5 Å². The van der Waals surface area contributed by atoms with Crippen LogP contribution in [0, 0.1) is 5.82 Å². The number of rotatable bonds is 9. The van der Waals surface area contributed by atoms with Crippen molar-refractivity contribution in [3.63, 3.8) is 0 Å². The van der Waals surface area contributed by atoms with Crippen molar-refractivity contribution in [1.82, 2.24) is 20.0 Å². The third-order valence-electron chi connectivity index (χ3n) is 8.12. The number of halogens is 1. The largest absolute Gasteiger partial charge is 0.493 e. The number of methoxy groups -OCH3 is 2. The molecule has 0 unspecified atom stereocenters. The number of nitrogens with one attached hydrogen (secondary N) is 1. The Morgan fingerprint density at radius 2 is 1.54 bits per heavy atom. The summed E-state index contributed by atoms with van der Waals surface area (Å²) in [5, 5.41) is 3.09. The Kier molecular flexibility index (Phi) is 8.85. The summed E-state index contributed by atoms with van der Waals surface area (Å²) >= 11 is 0. The highest BCUT2D eigenvalue weighted by molar-refractivity contribution is 6.02. The fourth-order valence-electron chi connectivity index (χ4n) is 5.89. The number of amides is 2. The Labute approximate surface area is 240 Å². The molecule has 0 saturated carbocycles. The molecule has 5 rings (SSSR count). The van der Waals surface area contributed by atoms with Crippen LogP contribution in [0.25, 0.3) is 0 Å². The molecule has 3 aromatic carbocycles. The fraction of sp³-hybridized carbons (Fsp3) is 0.375. The van der Waals surface area contributed by atoms with Gasteiger partial charge in [0.2, 0.25) is 5.91 Å². The van der Waals surface area contributed by atoms with Crippen molar-refractivity contribution in [2.75, 3.05) is 60.5 Å². The number of hydrogen-bond donors (Lipinski definition) is 1. The number of piperazine rings is 1. The van der Waals surface area contributed by atoms with Crippen LogP contribution in [0.15, 0.2) is 66.7 Å². The Morgan fingerprint density at radius 1 is 0.902 bits per heavy atom. The van der Waals surface area contributed by atoms with E-state index in [0.29, 0.717) is 41.3 Å². The average molecular weight is 561 g/mol. The summed E-state index contributed by atoms with van der Waals surface area (Å²) in [6, 6.07) is 19.2. The van der Waals surface area contributed by atoms with Crippen LogP contribution < -0.4 is 14.8 Å². The van der Waals surface area contributed by atoms with Gasteiger partial charge in [-0.2, -0.15) is 0 Å². The summed E-state index contributed by atoms with van der Waals surface area (Å²) in [6.45, 7) is 5.84. The van der Waals surface area contributed by atoms with Crippen LogP contribution >= 0.6 is 0 Å². The van der Waals surface area contributed by atoms with E-state index in [4.69, 9.17) is 9.47 Å². The molecule has 2 aliphatic rings. The van der Waals surface area contributed by atoms with Crippen molar-refractivity contribution in [2.45, 2.75) is 18.5 Å². The molecule has 0 aromatic heterocycles. The van der Waals surface area contributed by atoms with Crippen molar-refractivity contribution in [3.05, 3.63) is 94.8 Å². The first-order valence-electron chi connectivity index (χ1n) is 13.9. The summed E-state index contributed by atoms with van der Waals surface area (Å²) in [5.41, 5.74) is 2.43. The van der Waals surface area contributed by atoms with Gasteiger partial charge in [0.1, 0.15) is 5.82 Å². The van der Waals surface area contributed by atoms with Crippen LogP contribution in [0.2, 0.25) is 0 Å². The number of hydrogen-bond acceptors (Lipinski definition) is 6. The number of carbonyl (C=O) groups excluding carboxylic acids is 2. The third-order valence-corrected chi connectivity index (χ3v) is 8.12. The first kappa shape index (κ1) is 28.6. The predicted octanol–water partition coefficient (Wildman–Crippen LogP) is 3.69. The summed E-state index contributed by atoms with van der Waals surface area (Å²) in [7, 11) is 4.60. The summed E-state index contributed by atoms with van der Waals surface area (Å²) in [4.78, 5) is 33.6. The second kappa shape index (κ2) is 12.7. The fourth-order valence-corrected chi connectivity index (χ4v) is 5.89. The average Bonchev–Trinajstić information content (AvgIpc) is 3.00. The molecule has 2 atom stereocenters. The van der Waals surface area contributed by atoms with Gasteiger partial charge >= 0.3 is 0 Å². The van der Waals surface area contributed by atoms with E-state index in [2.05, 4.69) is 39.4 Å². The zero-order valence-corrected chi connectivity index (χ0v) is 23.8. The van der Waals surface area contributed by atoms with E-state index in [1.807, 2.05) is 6.07 Å². The molecule has 2 amide bonds. The topological polar surface area (TPSA) is 74.4 Å². The van der Waals surface area contributed by atoms with Gasteiger partial charge in [0.15, 0.2) is 11.5 Å². The zero-order chi connectivity index (χ0) is 28.9. The number of benzene rings is 3. The van der Waals surface area contributed by atoms with Crippen LogP contribution in [0.4, 0.5) is 4.39 Å². The van der Waals surface area contributed by atoms with Crippen LogP contribution in [0.3, 0.4) is 0 Å². The number of fused-ring (bicyclic) bond motifs is 1. The van der Waals surface area contributed by atoms with E-state index in [-0.39, 0.29) is 11.8 Å². The van der Waals surface area contributed by atoms with Crippen molar-refractivity contribution >= 4 is 11.8 Å². The number of nitrogens with zero attached hydrogens (tertiary/aromatic N) is 3. The lowest BCUT2D eigenvalue weighted by molar-refractivity contribution is -0.124. The maximum Gasteiger partial charge on any atom is 0.254 e. The van der Waals surface area contributed by atoms with Gasteiger partial charge in [-0.15, -0.1) is 0 Å². The van der Waals surface area contributed by atoms with Crippen LogP contribution in [-0.2, 0) is 11.3 Å². The first-order valence-corrected chi connectivity index (χ1v) is 13.9. The molecule has 2 heterocycles. The molecule has 216 valence electrons. The maximum atomic E-state index is 15.1. The smallest absolute Gasteiger partial charge is 0.254 e. The van der Waals surface area contributed by atoms with E-state index in [1.54, 1.807) is 37.4 Å². The minimum Gasteiger partial charge on any atom is -0.493 e. The molecule has 0 spiro atoms. The Balaban J connectivity index is 1.31. The van der Waals surface area contributed by atoms with Gasteiger partial charge in [-0.25, -0.2) is 4.39 Å². The molecule has 41 heavy (non-hydrogen) atoms. The van der Waals surface area contributed by atoms with Crippen LogP contribution in [0.1, 0.15) is 39.0 Å².